The van der Waals surface area contributed by atoms with E-state index in [0.29, 0.717) is 18.4 Å². The van der Waals surface area contributed by atoms with Gasteiger partial charge in [-0.2, -0.15) is 0 Å². The molecular formula is C25H26N4OS. The number of ether oxygens (including phenoxy) is 1. The van der Waals surface area contributed by atoms with Gasteiger partial charge in [-0.05, 0) is 62.1 Å². The average molecular weight is 431 g/mol. The molecule has 1 aliphatic rings. The van der Waals surface area contributed by atoms with Crippen LogP contribution in [-0.2, 0) is 6.61 Å². The third-order valence-electron chi connectivity index (χ3n) is 5.08. The second-order valence-corrected chi connectivity index (χ2v) is 8.57. The number of hydrogen-bond donors (Lipinski definition) is 1. The molecule has 0 spiro atoms. The highest BCUT2D eigenvalue weighted by Crippen LogP contribution is 2.32. The molecule has 31 heavy (non-hydrogen) atoms. The van der Waals surface area contributed by atoms with E-state index < -0.39 is 0 Å². The van der Waals surface area contributed by atoms with E-state index in [1.165, 1.54) is 19.3 Å². The molecule has 158 valence electrons. The second-order valence-electron chi connectivity index (χ2n) is 7.37. The van der Waals surface area contributed by atoms with E-state index >= 15 is 0 Å². The fourth-order valence-corrected chi connectivity index (χ4v) is 4.69. The Morgan fingerprint density at radius 2 is 2.23 bits per heavy atom. The summed E-state index contributed by atoms with van der Waals surface area (Å²) >= 11 is 1.80. The van der Waals surface area contributed by atoms with Gasteiger partial charge in [-0.3, -0.25) is 9.55 Å². The molecular weight excluding hydrogens is 404 g/mol. The standard InChI is InChI=1S/C25H26N4OS/c1-19-15-23(12-11-20(19)7-5-13-26)30-18-22-17-28-25(31-24-9-3-2-4-10-24)29(22)21-8-6-14-27-16-21/h3,6,8-9,11-12,14-17,24H,2,4,10,13,18,26H2,1H3. The number of aromatic nitrogens is 3. The average Bonchev–Trinajstić information content (AvgIpc) is 3.20. The first-order valence-corrected chi connectivity index (χ1v) is 11.4. The van der Waals surface area contributed by atoms with Crippen molar-refractivity contribution < 1.29 is 4.74 Å². The van der Waals surface area contributed by atoms with Crippen molar-refractivity contribution in [1.29, 1.82) is 0 Å². The van der Waals surface area contributed by atoms with Crippen molar-refractivity contribution in [1.82, 2.24) is 14.5 Å². The number of hydrogen-bond acceptors (Lipinski definition) is 5. The van der Waals surface area contributed by atoms with Crippen LogP contribution >= 0.6 is 11.8 Å². The van der Waals surface area contributed by atoms with Crippen LogP contribution in [0.25, 0.3) is 5.69 Å². The Kier molecular flexibility index (Phi) is 7.08. The summed E-state index contributed by atoms with van der Waals surface area (Å²) in [4.78, 5) is 9.02. The molecule has 0 radical (unpaired) electrons. The zero-order valence-electron chi connectivity index (χ0n) is 17.6. The van der Waals surface area contributed by atoms with Crippen LogP contribution in [0.3, 0.4) is 0 Å². The first-order valence-electron chi connectivity index (χ1n) is 10.5. The zero-order chi connectivity index (χ0) is 21.5. The number of imidazole rings is 1. The maximum absolute atomic E-state index is 6.12. The monoisotopic (exact) mass is 430 g/mol. The van der Waals surface area contributed by atoms with E-state index in [-0.39, 0.29) is 0 Å². The largest absolute Gasteiger partial charge is 0.487 e. The van der Waals surface area contributed by atoms with Crippen molar-refractivity contribution in [2.24, 2.45) is 5.73 Å². The van der Waals surface area contributed by atoms with E-state index in [4.69, 9.17) is 15.5 Å². The topological polar surface area (TPSA) is 66.0 Å². The summed E-state index contributed by atoms with van der Waals surface area (Å²) in [5, 5.41) is 1.41. The summed E-state index contributed by atoms with van der Waals surface area (Å²) in [6, 6.07) is 9.92. The number of benzene rings is 1. The highest BCUT2D eigenvalue weighted by atomic mass is 32.2. The number of pyridine rings is 1. The van der Waals surface area contributed by atoms with Crippen molar-refractivity contribution in [3.05, 3.63) is 77.9 Å². The Balaban J connectivity index is 1.56. The third kappa shape index (κ3) is 5.38. The molecule has 1 aliphatic carbocycles. The van der Waals surface area contributed by atoms with E-state index in [1.807, 2.05) is 49.6 Å². The van der Waals surface area contributed by atoms with Crippen LogP contribution in [0.2, 0.25) is 0 Å². The van der Waals surface area contributed by atoms with Crippen LogP contribution in [0.15, 0.2) is 66.2 Å². The van der Waals surface area contributed by atoms with Crippen LogP contribution < -0.4 is 10.5 Å². The fourth-order valence-electron chi connectivity index (χ4n) is 3.50. The summed E-state index contributed by atoms with van der Waals surface area (Å²) < 4.78 is 8.27. The molecule has 0 saturated carbocycles. The molecule has 2 aromatic heterocycles. The lowest BCUT2D eigenvalue weighted by molar-refractivity contribution is 0.298. The number of thioether (sulfide) groups is 1. The number of rotatable bonds is 6. The van der Waals surface area contributed by atoms with Gasteiger partial charge < -0.3 is 10.5 Å². The van der Waals surface area contributed by atoms with Crippen molar-refractivity contribution in [3.63, 3.8) is 0 Å². The summed E-state index contributed by atoms with van der Waals surface area (Å²) in [5.41, 5.74) is 9.49. The van der Waals surface area contributed by atoms with Crippen molar-refractivity contribution in [2.75, 3.05) is 6.54 Å². The Labute approximate surface area is 187 Å². The summed E-state index contributed by atoms with van der Waals surface area (Å²) in [5.74, 6) is 6.79. The molecule has 2 heterocycles. The minimum atomic E-state index is 0.354. The first kappa shape index (κ1) is 21.2. The van der Waals surface area contributed by atoms with E-state index in [1.54, 1.807) is 18.0 Å². The lowest BCUT2D eigenvalue weighted by Gasteiger charge is -2.17. The maximum atomic E-state index is 6.12. The van der Waals surface area contributed by atoms with Crippen LogP contribution in [-0.4, -0.2) is 26.3 Å². The minimum absolute atomic E-state index is 0.354. The molecule has 5 nitrogen and oxygen atoms in total. The molecule has 1 aromatic carbocycles. The molecule has 1 atom stereocenters. The lowest BCUT2D eigenvalue weighted by Crippen LogP contribution is -2.08. The minimum Gasteiger partial charge on any atom is -0.487 e. The van der Waals surface area contributed by atoms with Gasteiger partial charge in [-0.1, -0.05) is 35.8 Å². The van der Waals surface area contributed by atoms with Gasteiger partial charge in [0.05, 0.1) is 30.3 Å². The highest BCUT2D eigenvalue weighted by molar-refractivity contribution is 7.99. The van der Waals surface area contributed by atoms with Gasteiger partial charge in [-0.15, -0.1) is 0 Å². The predicted molar refractivity (Wildman–Crippen MR) is 125 cm³/mol. The van der Waals surface area contributed by atoms with Crippen LogP contribution in [0.5, 0.6) is 5.75 Å². The summed E-state index contributed by atoms with van der Waals surface area (Å²) in [6.45, 7) is 2.79. The van der Waals surface area contributed by atoms with Gasteiger partial charge in [0, 0.05) is 17.0 Å². The Morgan fingerprint density at radius 3 is 2.97 bits per heavy atom. The molecule has 1 unspecified atom stereocenters. The fraction of sp³-hybridized carbons (Fsp3) is 0.280. The second kappa shape index (κ2) is 10.3. The van der Waals surface area contributed by atoms with Crippen LogP contribution in [0, 0.1) is 18.8 Å². The smallest absolute Gasteiger partial charge is 0.173 e. The maximum Gasteiger partial charge on any atom is 0.173 e. The molecule has 0 bridgehead atoms. The van der Waals surface area contributed by atoms with Crippen LogP contribution in [0.1, 0.15) is 36.1 Å². The van der Waals surface area contributed by atoms with Gasteiger partial charge in [0.1, 0.15) is 12.4 Å². The van der Waals surface area contributed by atoms with E-state index in [0.717, 1.165) is 33.4 Å². The van der Waals surface area contributed by atoms with Gasteiger partial charge in [0.25, 0.3) is 0 Å². The van der Waals surface area contributed by atoms with Gasteiger partial charge in [-0.25, -0.2) is 4.98 Å². The van der Waals surface area contributed by atoms with Gasteiger partial charge >= 0.3 is 0 Å². The van der Waals surface area contributed by atoms with Gasteiger partial charge in [0.15, 0.2) is 5.16 Å². The lowest BCUT2D eigenvalue weighted by atomic mass is 10.1. The molecule has 4 rings (SSSR count). The number of allylic oxidation sites excluding steroid dienone is 1. The number of nitrogens with two attached hydrogens (primary N) is 1. The quantitative estimate of drug-likeness (QED) is 0.455. The molecule has 3 aromatic rings. The van der Waals surface area contributed by atoms with Crippen molar-refractivity contribution in [3.8, 4) is 23.3 Å². The zero-order valence-corrected chi connectivity index (χ0v) is 18.4. The normalized spacial score (nSPS) is 15.4. The molecule has 0 amide bonds. The Morgan fingerprint density at radius 1 is 1.29 bits per heavy atom. The van der Waals surface area contributed by atoms with Crippen molar-refractivity contribution >= 4 is 11.8 Å². The first-order chi connectivity index (χ1) is 15.2. The van der Waals surface area contributed by atoms with E-state index in [2.05, 4.69) is 33.5 Å². The number of aryl methyl sites for hydroxylation is 1. The Hall–Kier alpha value is -3.01. The molecule has 6 heteroatoms. The Bertz CT molecular complexity index is 1110. The van der Waals surface area contributed by atoms with E-state index in [9.17, 15) is 0 Å². The highest BCUT2D eigenvalue weighted by Gasteiger charge is 2.18. The van der Waals surface area contributed by atoms with Crippen molar-refractivity contribution in [2.45, 2.75) is 43.2 Å². The molecule has 2 N–H and O–H groups in total. The van der Waals surface area contributed by atoms with Gasteiger partial charge in [0.2, 0.25) is 0 Å². The molecule has 0 fully saturated rings. The summed E-state index contributed by atoms with van der Waals surface area (Å²) in [7, 11) is 0. The predicted octanol–water partition coefficient (Wildman–Crippen LogP) is 4.67. The summed E-state index contributed by atoms with van der Waals surface area (Å²) in [6.07, 6.45) is 13.7. The number of nitrogens with zero attached hydrogens (tertiary/aromatic N) is 3. The molecule has 0 saturated heterocycles. The SMILES string of the molecule is Cc1cc(OCc2cnc(SC3C=CCCC3)n2-c2cccnc2)ccc1C#CCN. The molecule has 0 aliphatic heterocycles. The third-order valence-corrected chi connectivity index (χ3v) is 6.28. The van der Waals surface area contributed by atoms with Crippen LogP contribution in [0.4, 0.5) is 0 Å².